The van der Waals surface area contributed by atoms with Crippen LogP contribution in [0, 0.1) is 12.1 Å². The van der Waals surface area contributed by atoms with E-state index in [1.54, 1.807) is 0 Å². The molecule has 1 aromatic carbocycles. The lowest BCUT2D eigenvalue weighted by atomic mass is 10.3. The Bertz CT molecular complexity index is 375. The van der Waals surface area contributed by atoms with Crippen molar-refractivity contribution in [3.8, 4) is 0 Å². The molecule has 0 aliphatic carbocycles. The van der Waals surface area contributed by atoms with Crippen LogP contribution in [0.5, 0.6) is 0 Å². The van der Waals surface area contributed by atoms with Crippen LogP contribution in [0.2, 0.25) is 0 Å². The summed E-state index contributed by atoms with van der Waals surface area (Å²) in [5, 5.41) is 0. The van der Waals surface area contributed by atoms with Crippen molar-refractivity contribution < 1.29 is 12.8 Å². The largest absolute Gasteiger partial charge is 0.281 e. The predicted octanol–water partition coefficient (Wildman–Crippen LogP) is 1.36. The standard InChI is InChI=1S/C7H7FNO2S/c1-12(10,11)9-7-5-3-2-4-6(7)8/h2-5,9H,1H2. The number of hydrogen-bond donors (Lipinski definition) is 1. The van der Waals surface area contributed by atoms with Gasteiger partial charge in [0.15, 0.2) is 0 Å². The molecule has 0 fully saturated rings. The molecule has 12 heavy (non-hydrogen) atoms. The summed E-state index contributed by atoms with van der Waals surface area (Å²) < 4.78 is 35.8. The normalized spacial score (nSPS) is 11.2. The number of nitrogens with one attached hydrogen (secondary N) is 1. The Morgan fingerprint density at radius 2 is 1.92 bits per heavy atom. The maximum atomic E-state index is 12.8. The summed E-state index contributed by atoms with van der Waals surface area (Å²) in [6, 6.07) is 5.47. The smallest absolute Gasteiger partial charge is 0.233 e. The summed E-state index contributed by atoms with van der Waals surface area (Å²) in [5.74, 6) is -0.621. The van der Waals surface area contributed by atoms with Crippen LogP contribution in [0.3, 0.4) is 0 Å². The first-order valence-corrected chi connectivity index (χ1v) is 4.74. The second-order valence-electron chi connectivity index (χ2n) is 2.20. The first-order chi connectivity index (χ1) is 5.49. The third kappa shape index (κ3) is 2.50. The molecule has 1 radical (unpaired) electrons. The molecule has 5 heteroatoms. The molecule has 65 valence electrons. The molecule has 1 N–H and O–H groups in total. The van der Waals surface area contributed by atoms with Crippen molar-refractivity contribution in [2.45, 2.75) is 0 Å². The van der Waals surface area contributed by atoms with Gasteiger partial charge >= 0.3 is 0 Å². The fourth-order valence-electron chi connectivity index (χ4n) is 0.712. The van der Waals surface area contributed by atoms with Crippen molar-refractivity contribution in [1.82, 2.24) is 0 Å². The van der Waals surface area contributed by atoms with Gasteiger partial charge in [0.05, 0.1) is 11.9 Å². The third-order valence-corrected chi connectivity index (χ3v) is 1.67. The topological polar surface area (TPSA) is 46.2 Å². The van der Waals surface area contributed by atoms with Crippen LogP contribution in [-0.4, -0.2) is 8.42 Å². The Kier molecular flexibility index (Phi) is 2.32. The highest BCUT2D eigenvalue weighted by atomic mass is 32.2. The second kappa shape index (κ2) is 3.10. The van der Waals surface area contributed by atoms with E-state index in [0.29, 0.717) is 0 Å². The molecule has 0 atom stereocenters. The van der Waals surface area contributed by atoms with Gasteiger partial charge in [0.1, 0.15) is 5.82 Å². The summed E-state index contributed by atoms with van der Waals surface area (Å²) >= 11 is 0. The number of halogens is 1. The van der Waals surface area contributed by atoms with Crippen LogP contribution in [0.15, 0.2) is 24.3 Å². The first-order valence-electron chi connectivity index (χ1n) is 3.09. The quantitative estimate of drug-likeness (QED) is 0.761. The molecule has 3 nitrogen and oxygen atoms in total. The van der Waals surface area contributed by atoms with Crippen molar-refractivity contribution in [3.63, 3.8) is 0 Å². The summed E-state index contributed by atoms with van der Waals surface area (Å²) in [5.41, 5.74) is -0.0903. The predicted molar refractivity (Wildman–Crippen MR) is 44.3 cm³/mol. The van der Waals surface area contributed by atoms with Crippen LogP contribution >= 0.6 is 0 Å². The zero-order valence-corrected chi connectivity index (χ0v) is 6.94. The van der Waals surface area contributed by atoms with Crippen molar-refractivity contribution in [2.75, 3.05) is 4.72 Å². The Morgan fingerprint density at radius 3 is 2.42 bits per heavy atom. The van der Waals surface area contributed by atoms with Gasteiger partial charge in [-0.15, -0.1) is 0 Å². The van der Waals surface area contributed by atoms with Gasteiger partial charge in [0.2, 0.25) is 10.0 Å². The second-order valence-corrected chi connectivity index (χ2v) is 3.63. The summed E-state index contributed by atoms with van der Waals surface area (Å²) in [7, 11) is -3.64. The summed E-state index contributed by atoms with van der Waals surface area (Å²) in [6.07, 6.45) is 2.80. The Morgan fingerprint density at radius 1 is 1.33 bits per heavy atom. The SMILES string of the molecule is [CH2]S(=O)(=O)Nc1ccccc1F. The van der Waals surface area contributed by atoms with Gasteiger partial charge in [-0.3, -0.25) is 4.72 Å². The maximum absolute atomic E-state index is 12.8. The van der Waals surface area contributed by atoms with Gasteiger partial charge in [-0.05, 0) is 12.1 Å². The number of para-hydroxylation sites is 1. The number of rotatable bonds is 2. The molecule has 0 aliphatic heterocycles. The van der Waals surface area contributed by atoms with E-state index in [1.807, 2.05) is 4.72 Å². The van der Waals surface area contributed by atoms with Gasteiger partial charge < -0.3 is 0 Å². The van der Waals surface area contributed by atoms with Crippen LogP contribution < -0.4 is 4.72 Å². The molecule has 0 unspecified atom stereocenters. The summed E-state index contributed by atoms with van der Waals surface area (Å²) in [6.45, 7) is 0. The lowest BCUT2D eigenvalue weighted by Crippen LogP contribution is -2.08. The molecule has 0 bridgehead atoms. The number of sulfonamides is 1. The van der Waals surface area contributed by atoms with E-state index in [-0.39, 0.29) is 5.69 Å². The van der Waals surface area contributed by atoms with Gasteiger partial charge in [0.25, 0.3) is 0 Å². The Labute approximate surface area is 70.3 Å². The van der Waals surface area contributed by atoms with Crippen molar-refractivity contribution in [2.24, 2.45) is 0 Å². The van der Waals surface area contributed by atoms with Crippen molar-refractivity contribution in [1.29, 1.82) is 0 Å². The molecule has 1 aromatic rings. The van der Waals surface area contributed by atoms with Crippen LogP contribution in [0.25, 0.3) is 0 Å². The minimum absolute atomic E-state index is 0.0903. The van der Waals surface area contributed by atoms with Gasteiger partial charge in [-0.1, -0.05) is 12.1 Å². The number of hydrogen-bond acceptors (Lipinski definition) is 2. The Balaban J connectivity index is 2.98. The first kappa shape index (κ1) is 8.99. The van der Waals surface area contributed by atoms with Crippen LogP contribution in [0.4, 0.5) is 10.1 Å². The van der Waals surface area contributed by atoms with Crippen LogP contribution in [-0.2, 0) is 10.0 Å². The highest BCUT2D eigenvalue weighted by Gasteiger charge is 2.05. The molecule has 0 heterocycles. The number of benzene rings is 1. The fourth-order valence-corrected chi connectivity index (χ4v) is 1.21. The lowest BCUT2D eigenvalue weighted by Gasteiger charge is -2.03. The Hall–Kier alpha value is -1.10. The van der Waals surface area contributed by atoms with E-state index < -0.39 is 15.8 Å². The lowest BCUT2D eigenvalue weighted by molar-refractivity contribution is 0.606. The van der Waals surface area contributed by atoms with Gasteiger partial charge in [-0.2, -0.15) is 0 Å². The molecule has 0 saturated carbocycles. The minimum atomic E-state index is -3.64. The van der Waals surface area contributed by atoms with E-state index >= 15 is 0 Å². The van der Waals surface area contributed by atoms with E-state index in [1.165, 1.54) is 18.2 Å². The molecular weight excluding hydrogens is 181 g/mol. The molecule has 0 spiro atoms. The van der Waals surface area contributed by atoms with E-state index in [2.05, 4.69) is 6.26 Å². The molecule has 0 saturated heterocycles. The zero-order valence-electron chi connectivity index (χ0n) is 6.12. The fraction of sp³-hybridized carbons (Fsp3) is 0. The molecule has 1 rings (SSSR count). The van der Waals surface area contributed by atoms with Crippen molar-refractivity contribution in [3.05, 3.63) is 36.3 Å². The van der Waals surface area contributed by atoms with E-state index in [4.69, 9.17) is 0 Å². The van der Waals surface area contributed by atoms with Crippen molar-refractivity contribution >= 4 is 15.7 Å². The van der Waals surface area contributed by atoms with E-state index in [0.717, 1.165) is 6.07 Å². The van der Waals surface area contributed by atoms with Gasteiger partial charge in [0, 0.05) is 0 Å². The summed E-state index contributed by atoms with van der Waals surface area (Å²) in [4.78, 5) is 0. The zero-order chi connectivity index (χ0) is 9.19. The average molecular weight is 188 g/mol. The van der Waals surface area contributed by atoms with Crippen LogP contribution in [0.1, 0.15) is 0 Å². The van der Waals surface area contributed by atoms with Gasteiger partial charge in [-0.25, -0.2) is 12.8 Å². The molecule has 0 aliphatic rings. The molecule has 0 aromatic heterocycles. The highest BCUT2D eigenvalue weighted by molar-refractivity contribution is 7.93. The molecule has 0 amide bonds. The number of anilines is 1. The molecular formula is C7H7FNO2S. The highest BCUT2D eigenvalue weighted by Crippen LogP contribution is 2.13. The average Bonchev–Trinajstić information content (AvgIpc) is 1.91. The minimum Gasteiger partial charge on any atom is -0.281 e. The maximum Gasteiger partial charge on any atom is 0.233 e. The van der Waals surface area contributed by atoms with E-state index in [9.17, 15) is 12.8 Å². The third-order valence-electron chi connectivity index (χ3n) is 1.14. The monoisotopic (exact) mass is 188 g/mol.